The Morgan fingerprint density at radius 2 is 1.78 bits per heavy atom. The minimum absolute atomic E-state index is 0.134. The lowest BCUT2D eigenvalue weighted by molar-refractivity contribution is -0.336. The maximum atomic E-state index is 12.4. The molecule has 4 N–H and O–H groups in total. The number of ketones is 1. The summed E-state index contributed by atoms with van der Waals surface area (Å²) in [5.41, 5.74) is 13.2. The van der Waals surface area contributed by atoms with E-state index in [1.165, 1.54) is 0 Å². The van der Waals surface area contributed by atoms with Gasteiger partial charge in [0.15, 0.2) is 11.4 Å². The number of carbonyl (C=O) groups excluding carboxylic acids is 1. The van der Waals surface area contributed by atoms with Crippen molar-refractivity contribution in [2.75, 3.05) is 18.1 Å². The second-order valence-electron chi connectivity index (χ2n) is 5.82. The number of carbonyl (C=O) groups is 1. The summed E-state index contributed by atoms with van der Waals surface area (Å²) in [6, 6.07) is 14.3. The van der Waals surface area contributed by atoms with Crippen molar-refractivity contribution in [3.63, 3.8) is 0 Å². The molecule has 2 aromatic carbocycles. The van der Waals surface area contributed by atoms with Gasteiger partial charge in [-0.25, -0.2) is 9.78 Å². The third-order valence-electron chi connectivity index (χ3n) is 3.47. The molecule has 5 heteroatoms. The summed E-state index contributed by atoms with van der Waals surface area (Å²) >= 11 is 0. The molecule has 23 heavy (non-hydrogen) atoms. The summed E-state index contributed by atoms with van der Waals surface area (Å²) in [7, 11) is 0. The molecule has 0 saturated heterocycles. The summed E-state index contributed by atoms with van der Waals surface area (Å²) in [6.45, 7) is 3.65. The quantitative estimate of drug-likeness (QED) is 0.270. The molecule has 0 unspecified atom stereocenters. The van der Waals surface area contributed by atoms with Gasteiger partial charge in [-0.15, -0.1) is 0 Å². The van der Waals surface area contributed by atoms with Crippen molar-refractivity contribution < 1.29 is 14.6 Å². The molecule has 122 valence electrons. The van der Waals surface area contributed by atoms with Gasteiger partial charge in [-0.1, -0.05) is 36.4 Å². The third-order valence-corrected chi connectivity index (χ3v) is 3.47. The highest BCUT2D eigenvalue weighted by Crippen LogP contribution is 2.19. The molecule has 0 radical (unpaired) electrons. The first-order chi connectivity index (χ1) is 10.9. The lowest BCUT2D eigenvalue weighted by Gasteiger charge is -2.22. The summed E-state index contributed by atoms with van der Waals surface area (Å²) in [5.74, 6) is -0.134. The van der Waals surface area contributed by atoms with Crippen LogP contribution >= 0.6 is 0 Å². The highest BCUT2D eigenvalue weighted by molar-refractivity contribution is 6.01. The zero-order valence-corrected chi connectivity index (χ0v) is 13.4. The SMILES string of the molecule is CC(C)(OOCCc1ccc(N)cc1N)C(=O)c1ccccc1. The lowest BCUT2D eigenvalue weighted by atomic mass is 9.97. The maximum absolute atomic E-state index is 12.4. The molecule has 0 spiro atoms. The van der Waals surface area contributed by atoms with Crippen LogP contribution in [0.4, 0.5) is 11.4 Å². The normalized spacial score (nSPS) is 11.4. The van der Waals surface area contributed by atoms with Crippen LogP contribution in [0.1, 0.15) is 29.8 Å². The van der Waals surface area contributed by atoms with E-state index in [9.17, 15) is 4.79 Å². The van der Waals surface area contributed by atoms with E-state index in [0.717, 1.165) is 5.56 Å². The van der Waals surface area contributed by atoms with Crippen LogP contribution in [-0.4, -0.2) is 18.0 Å². The smallest absolute Gasteiger partial charge is 0.197 e. The zero-order chi connectivity index (χ0) is 16.9. The van der Waals surface area contributed by atoms with Crippen LogP contribution in [-0.2, 0) is 16.2 Å². The number of benzene rings is 2. The number of hydrogen-bond acceptors (Lipinski definition) is 5. The van der Waals surface area contributed by atoms with E-state index < -0.39 is 5.60 Å². The van der Waals surface area contributed by atoms with E-state index in [0.29, 0.717) is 30.0 Å². The summed E-state index contributed by atoms with van der Waals surface area (Å²) in [6.07, 6.45) is 0.571. The lowest BCUT2D eigenvalue weighted by Crippen LogP contribution is -2.35. The largest absolute Gasteiger partial charge is 0.399 e. The van der Waals surface area contributed by atoms with Crippen molar-refractivity contribution >= 4 is 17.2 Å². The Morgan fingerprint density at radius 1 is 1.09 bits per heavy atom. The Morgan fingerprint density at radius 3 is 2.43 bits per heavy atom. The van der Waals surface area contributed by atoms with E-state index in [4.69, 9.17) is 21.2 Å². The molecular formula is C18H22N2O3. The number of anilines is 2. The third kappa shape index (κ3) is 4.55. The topological polar surface area (TPSA) is 87.6 Å². The molecule has 2 aromatic rings. The Kier molecular flexibility index (Phi) is 5.36. The van der Waals surface area contributed by atoms with Gasteiger partial charge in [-0.05, 0) is 31.5 Å². The van der Waals surface area contributed by atoms with Gasteiger partial charge in [-0.2, -0.15) is 0 Å². The number of Topliss-reactive ketones (excluding diaryl/α,β-unsaturated/α-hetero) is 1. The maximum Gasteiger partial charge on any atom is 0.197 e. The average Bonchev–Trinajstić information content (AvgIpc) is 2.53. The molecule has 0 atom stereocenters. The molecule has 0 heterocycles. The first kappa shape index (κ1) is 17.0. The van der Waals surface area contributed by atoms with Crippen LogP contribution in [0, 0.1) is 0 Å². The van der Waals surface area contributed by atoms with Gasteiger partial charge in [0.1, 0.15) is 0 Å². The second kappa shape index (κ2) is 7.26. The predicted molar refractivity (Wildman–Crippen MR) is 90.9 cm³/mol. The van der Waals surface area contributed by atoms with Gasteiger partial charge >= 0.3 is 0 Å². The highest BCUT2D eigenvalue weighted by atomic mass is 17.2. The van der Waals surface area contributed by atoms with Gasteiger partial charge in [0.25, 0.3) is 0 Å². The number of nitrogen functional groups attached to an aromatic ring is 2. The van der Waals surface area contributed by atoms with Crippen molar-refractivity contribution in [2.45, 2.75) is 25.9 Å². The molecule has 0 amide bonds. The molecule has 2 rings (SSSR count). The fourth-order valence-corrected chi connectivity index (χ4v) is 2.16. The predicted octanol–water partition coefficient (Wildman–Crippen LogP) is 3.00. The minimum atomic E-state index is -1.06. The molecule has 0 aliphatic carbocycles. The summed E-state index contributed by atoms with van der Waals surface area (Å²) in [4.78, 5) is 22.9. The van der Waals surface area contributed by atoms with Gasteiger partial charge in [0.05, 0.1) is 6.61 Å². The number of rotatable bonds is 7. The molecule has 0 aromatic heterocycles. The van der Waals surface area contributed by atoms with Crippen LogP contribution < -0.4 is 11.5 Å². The molecule has 5 nitrogen and oxygen atoms in total. The Balaban J connectivity index is 1.86. The minimum Gasteiger partial charge on any atom is -0.399 e. The van der Waals surface area contributed by atoms with Gasteiger partial charge < -0.3 is 11.5 Å². The standard InChI is InChI=1S/C18H22N2O3/c1-18(2,17(21)14-6-4-3-5-7-14)23-22-11-10-13-8-9-15(19)12-16(13)20/h3-9,12H,10-11,19-20H2,1-2H3. The molecule has 0 aliphatic heterocycles. The number of hydrogen-bond donors (Lipinski definition) is 2. The van der Waals surface area contributed by atoms with Crippen LogP contribution in [0.3, 0.4) is 0 Å². The monoisotopic (exact) mass is 314 g/mol. The van der Waals surface area contributed by atoms with Crippen molar-refractivity contribution in [3.8, 4) is 0 Å². The van der Waals surface area contributed by atoms with E-state index in [2.05, 4.69) is 0 Å². The van der Waals surface area contributed by atoms with Crippen molar-refractivity contribution in [1.82, 2.24) is 0 Å². The average molecular weight is 314 g/mol. The van der Waals surface area contributed by atoms with Gasteiger partial charge in [0, 0.05) is 23.4 Å². The fraction of sp³-hybridized carbons (Fsp3) is 0.278. The molecular weight excluding hydrogens is 292 g/mol. The first-order valence-corrected chi connectivity index (χ1v) is 7.44. The van der Waals surface area contributed by atoms with Crippen molar-refractivity contribution in [1.29, 1.82) is 0 Å². The van der Waals surface area contributed by atoms with Crippen molar-refractivity contribution in [3.05, 3.63) is 59.7 Å². The Hall–Kier alpha value is -2.37. The number of nitrogens with two attached hydrogens (primary N) is 2. The fourth-order valence-electron chi connectivity index (χ4n) is 2.16. The Labute approximate surface area is 136 Å². The summed E-state index contributed by atoms with van der Waals surface area (Å²) < 4.78 is 0. The van der Waals surface area contributed by atoms with Crippen molar-refractivity contribution in [2.24, 2.45) is 0 Å². The van der Waals surface area contributed by atoms with Crippen LogP contribution in [0.15, 0.2) is 48.5 Å². The van der Waals surface area contributed by atoms with E-state index in [1.54, 1.807) is 38.1 Å². The van der Waals surface area contributed by atoms with Crippen LogP contribution in [0.5, 0.6) is 0 Å². The molecule has 0 aliphatic rings. The van der Waals surface area contributed by atoms with E-state index in [-0.39, 0.29) is 5.78 Å². The summed E-state index contributed by atoms with van der Waals surface area (Å²) in [5, 5.41) is 0. The van der Waals surface area contributed by atoms with E-state index >= 15 is 0 Å². The van der Waals surface area contributed by atoms with E-state index in [1.807, 2.05) is 24.3 Å². The zero-order valence-electron chi connectivity index (χ0n) is 13.4. The molecule has 0 saturated carbocycles. The van der Waals surface area contributed by atoms with Gasteiger partial charge in [0.2, 0.25) is 0 Å². The molecule has 0 fully saturated rings. The first-order valence-electron chi connectivity index (χ1n) is 7.44. The second-order valence-corrected chi connectivity index (χ2v) is 5.82. The van der Waals surface area contributed by atoms with Gasteiger partial charge in [-0.3, -0.25) is 4.79 Å². The van der Waals surface area contributed by atoms with Crippen LogP contribution in [0.2, 0.25) is 0 Å². The van der Waals surface area contributed by atoms with Crippen LogP contribution in [0.25, 0.3) is 0 Å². The highest BCUT2D eigenvalue weighted by Gasteiger charge is 2.31. The molecule has 0 bridgehead atoms. The Bertz CT molecular complexity index is 669.